The third-order valence-electron chi connectivity index (χ3n) is 1.25. The van der Waals surface area contributed by atoms with Crippen molar-refractivity contribution < 1.29 is 0 Å². The number of aromatic nitrogens is 1. The Morgan fingerprint density at radius 2 is 1.83 bits per heavy atom. The molecule has 0 bridgehead atoms. The highest BCUT2D eigenvalue weighted by molar-refractivity contribution is 5.47. The third-order valence-corrected chi connectivity index (χ3v) is 1.25. The van der Waals surface area contributed by atoms with E-state index >= 15 is 0 Å². The normalized spacial score (nSPS) is 9.25. The Bertz CT molecular complexity index is 202. The maximum absolute atomic E-state index is 3.92. The molecule has 1 rings (SSSR count). The fourth-order valence-electron chi connectivity index (χ4n) is 0.728. The molecule has 0 amide bonds. The van der Waals surface area contributed by atoms with Crippen LogP contribution in [0, 0.1) is 0 Å². The van der Waals surface area contributed by atoms with E-state index < -0.39 is 0 Å². The molecule has 0 saturated heterocycles. The van der Waals surface area contributed by atoms with Crippen molar-refractivity contribution in [1.82, 2.24) is 4.98 Å². The molecule has 0 radical (unpaired) electrons. The predicted molar refractivity (Wildman–Crippen MR) is 54.9 cm³/mol. The number of nitrogens with zero attached hydrogens (tertiary/aromatic N) is 1. The lowest BCUT2D eigenvalue weighted by Gasteiger charge is -1.87. The number of hydrogen-bond donors (Lipinski definition) is 0. The Morgan fingerprint density at radius 1 is 1.25 bits per heavy atom. The SMILES string of the molecule is CC.CC/C=C/c1ccncc1. The monoisotopic (exact) mass is 163 g/mol. The lowest BCUT2D eigenvalue weighted by molar-refractivity contribution is 1.23. The quantitative estimate of drug-likeness (QED) is 0.650. The van der Waals surface area contributed by atoms with Gasteiger partial charge in [-0.2, -0.15) is 0 Å². The molecule has 0 spiro atoms. The fraction of sp³-hybridized carbons (Fsp3) is 0.364. The number of allylic oxidation sites excluding steroid dienone is 1. The van der Waals surface area contributed by atoms with E-state index in [1.165, 1.54) is 5.56 Å². The van der Waals surface area contributed by atoms with Crippen molar-refractivity contribution in [2.24, 2.45) is 0 Å². The summed E-state index contributed by atoms with van der Waals surface area (Å²) >= 11 is 0. The van der Waals surface area contributed by atoms with E-state index in [0.29, 0.717) is 0 Å². The second-order valence-electron chi connectivity index (χ2n) is 2.09. The smallest absolute Gasteiger partial charge is 0.0273 e. The number of hydrogen-bond acceptors (Lipinski definition) is 1. The van der Waals surface area contributed by atoms with Crippen LogP contribution in [0.1, 0.15) is 32.8 Å². The van der Waals surface area contributed by atoms with E-state index in [4.69, 9.17) is 0 Å². The summed E-state index contributed by atoms with van der Waals surface area (Å²) in [6.45, 7) is 6.12. The number of pyridine rings is 1. The second kappa shape index (κ2) is 7.99. The minimum atomic E-state index is 1.09. The van der Waals surface area contributed by atoms with Crippen LogP contribution < -0.4 is 0 Å². The Labute approximate surface area is 75.2 Å². The van der Waals surface area contributed by atoms with Crippen LogP contribution >= 0.6 is 0 Å². The lowest BCUT2D eigenvalue weighted by Crippen LogP contribution is -1.71. The Hall–Kier alpha value is -1.11. The van der Waals surface area contributed by atoms with Gasteiger partial charge in [0.15, 0.2) is 0 Å². The summed E-state index contributed by atoms with van der Waals surface area (Å²) < 4.78 is 0. The van der Waals surface area contributed by atoms with Crippen molar-refractivity contribution in [3.8, 4) is 0 Å². The first-order valence-corrected chi connectivity index (χ1v) is 4.50. The van der Waals surface area contributed by atoms with Crippen LogP contribution in [0.3, 0.4) is 0 Å². The van der Waals surface area contributed by atoms with Crippen molar-refractivity contribution in [2.75, 3.05) is 0 Å². The molecule has 66 valence electrons. The average molecular weight is 163 g/mol. The topological polar surface area (TPSA) is 12.9 Å². The van der Waals surface area contributed by atoms with Crippen LogP contribution in [-0.4, -0.2) is 4.98 Å². The molecule has 1 heterocycles. The highest BCUT2D eigenvalue weighted by Gasteiger charge is 1.79. The second-order valence-corrected chi connectivity index (χ2v) is 2.09. The van der Waals surface area contributed by atoms with E-state index in [1.807, 2.05) is 26.0 Å². The zero-order valence-electron chi connectivity index (χ0n) is 8.12. The molecule has 0 N–H and O–H groups in total. The van der Waals surface area contributed by atoms with Crippen molar-refractivity contribution in [1.29, 1.82) is 0 Å². The van der Waals surface area contributed by atoms with Gasteiger partial charge in [0, 0.05) is 12.4 Å². The van der Waals surface area contributed by atoms with Gasteiger partial charge in [-0.3, -0.25) is 4.98 Å². The first-order valence-electron chi connectivity index (χ1n) is 4.50. The summed E-state index contributed by atoms with van der Waals surface area (Å²) in [6, 6.07) is 3.98. The first-order chi connectivity index (χ1) is 5.93. The molecule has 0 unspecified atom stereocenters. The summed E-state index contributed by atoms with van der Waals surface area (Å²) in [5.74, 6) is 0. The minimum absolute atomic E-state index is 1.09. The maximum atomic E-state index is 3.92. The van der Waals surface area contributed by atoms with E-state index in [9.17, 15) is 0 Å². The summed E-state index contributed by atoms with van der Waals surface area (Å²) in [6.07, 6.45) is 8.92. The Kier molecular flexibility index (Phi) is 7.25. The van der Waals surface area contributed by atoms with Crippen LogP contribution in [0.15, 0.2) is 30.6 Å². The van der Waals surface area contributed by atoms with E-state index in [-0.39, 0.29) is 0 Å². The van der Waals surface area contributed by atoms with Crippen LogP contribution in [0.25, 0.3) is 6.08 Å². The van der Waals surface area contributed by atoms with Gasteiger partial charge in [0.25, 0.3) is 0 Å². The Morgan fingerprint density at radius 3 is 2.33 bits per heavy atom. The highest BCUT2D eigenvalue weighted by Crippen LogP contribution is 1.99. The molecule has 1 aromatic heterocycles. The molecular formula is C11H17N. The molecule has 0 aromatic carbocycles. The minimum Gasteiger partial charge on any atom is -0.265 e. The van der Waals surface area contributed by atoms with Gasteiger partial charge in [-0.25, -0.2) is 0 Å². The first kappa shape index (κ1) is 10.9. The predicted octanol–water partition coefficient (Wildman–Crippen LogP) is 3.53. The van der Waals surface area contributed by atoms with Crippen molar-refractivity contribution in [2.45, 2.75) is 27.2 Å². The van der Waals surface area contributed by atoms with E-state index in [0.717, 1.165) is 6.42 Å². The van der Waals surface area contributed by atoms with Gasteiger partial charge in [-0.15, -0.1) is 0 Å². The molecule has 1 aromatic rings. The van der Waals surface area contributed by atoms with Crippen LogP contribution in [0.5, 0.6) is 0 Å². The van der Waals surface area contributed by atoms with E-state index in [2.05, 4.69) is 24.1 Å². The fourth-order valence-corrected chi connectivity index (χ4v) is 0.728. The van der Waals surface area contributed by atoms with Gasteiger partial charge in [-0.1, -0.05) is 32.9 Å². The van der Waals surface area contributed by atoms with Crippen LogP contribution in [0.4, 0.5) is 0 Å². The van der Waals surface area contributed by atoms with Gasteiger partial charge in [0.1, 0.15) is 0 Å². The van der Waals surface area contributed by atoms with Crippen LogP contribution in [0.2, 0.25) is 0 Å². The van der Waals surface area contributed by atoms with Crippen molar-refractivity contribution in [3.63, 3.8) is 0 Å². The van der Waals surface area contributed by atoms with Crippen molar-refractivity contribution in [3.05, 3.63) is 36.2 Å². The molecule has 0 aliphatic heterocycles. The summed E-state index contributed by atoms with van der Waals surface area (Å²) in [5.41, 5.74) is 1.22. The van der Waals surface area contributed by atoms with Gasteiger partial charge in [0.2, 0.25) is 0 Å². The third kappa shape index (κ3) is 4.67. The largest absolute Gasteiger partial charge is 0.265 e. The highest BCUT2D eigenvalue weighted by atomic mass is 14.6. The molecule has 0 atom stereocenters. The molecular weight excluding hydrogens is 146 g/mol. The Balaban J connectivity index is 0.000000561. The maximum Gasteiger partial charge on any atom is 0.0273 e. The average Bonchev–Trinajstić information content (AvgIpc) is 2.19. The zero-order valence-corrected chi connectivity index (χ0v) is 8.12. The van der Waals surface area contributed by atoms with Gasteiger partial charge >= 0.3 is 0 Å². The van der Waals surface area contributed by atoms with Gasteiger partial charge in [-0.05, 0) is 24.1 Å². The molecule has 0 aliphatic rings. The molecule has 12 heavy (non-hydrogen) atoms. The molecule has 1 nitrogen and oxygen atoms in total. The van der Waals surface area contributed by atoms with E-state index in [1.54, 1.807) is 12.4 Å². The van der Waals surface area contributed by atoms with Crippen LogP contribution in [-0.2, 0) is 0 Å². The zero-order chi connectivity index (χ0) is 9.23. The molecule has 1 heteroatoms. The summed E-state index contributed by atoms with van der Waals surface area (Å²) in [4.78, 5) is 3.92. The van der Waals surface area contributed by atoms with Gasteiger partial charge < -0.3 is 0 Å². The summed E-state index contributed by atoms with van der Waals surface area (Å²) in [5, 5.41) is 0. The number of rotatable bonds is 2. The van der Waals surface area contributed by atoms with Crippen molar-refractivity contribution >= 4 is 6.08 Å². The standard InChI is InChI=1S/C9H11N.C2H6/c1-2-3-4-9-5-7-10-8-6-9;1-2/h3-8H,2H2,1H3;1-2H3/b4-3+;. The molecule has 0 saturated carbocycles. The summed E-state index contributed by atoms with van der Waals surface area (Å²) in [7, 11) is 0. The molecule has 0 fully saturated rings. The van der Waals surface area contributed by atoms with Gasteiger partial charge in [0.05, 0.1) is 0 Å². The molecule has 0 aliphatic carbocycles. The lowest BCUT2D eigenvalue weighted by atomic mass is 10.2.